The Kier molecular flexibility index (Phi) is 6.18. The lowest BCUT2D eigenvalue weighted by Gasteiger charge is -2.33. The maximum atomic E-state index is 14.9. The molecular formula is C22H20F6N4O2S. The molecule has 2 aromatic rings. The van der Waals surface area contributed by atoms with Gasteiger partial charge < -0.3 is 15.8 Å². The molecule has 35 heavy (non-hydrogen) atoms. The van der Waals surface area contributed by atoms with E-state index in [1.165, 1.54) is 26.0 Å². The maximum Gasteiger partial charge on any atom is 0.422 e. The van der Waals surface area contributed by atoms with E-state index in [1.807, 2.05) is 0 Å². The van der Waals surface area contributed by atoms with Crippen LogP contribution in [-0.2, 0) is 5.54 Å². The van der Waals surface area contributed by atoms with E-state index in [-0.39, 0.29) is 33.4 Å². The fourth-order valence-electron chi connectivity index (χ4n) is 4.32. The Balaban J connectivity index is 1.60. The van der Waals surface area contributed by atoms with Gasteiger partial charge in [0, 0.05) is 23.2 Å². The van der Waals surface area contributed by atoms with Crippen LogP contribution in [0.15, 0.2) is 29.4 Å². The Morgan fingerprint density at radius 2 is 2.03 bits per heavy atom. The first kappa shape index (κ1) is 25.1. The summed E-state index contributed by atoms with van der Waals surface area (Å²) in [4.78, 5) is 20.9. The zero-order chi connectivity index (χ0) is 25.8. The van der Waals surface area contributed by atoms with E-state index in [2.05, 4.69) is 20.0 Å². The lowest BCUT2D eigenvalue weighted by atomic mass is 9.85. The molecule has 1 aromatic heterocycles. The molecule has 2 heterocycles. The smallest absolute Gasteiger partial charge is 0.422 e. The third-order valence-corrected chi connectivity index (χ3v) is 7.35. The van der Waals surface area contributed by atoms with Crippen LogP contribution in [-0.4, -0.2) is 40.3 Å². The number of thioether (sulfide) groups is 1. The number of hydrogen-bond acceptors (Lipinski definition) is 6. The van der Waals surface area contributed by atoms with Crippen molar-refractivity contribution in [2.75, 3.05) is 18.6 Å². The number of hydrogen-bond donors (Lipinski definition) is 2. The van der Waals surface area contributed by atoms with Gasteiger partial charge >= 0.3 is 6.18 Å². The summed E-state index contributed by atoms with van der Waals surface area (Å²) in [6.07, 6.45) is -3.22. The van der Waals surface area contributed by atoms with E-state index in [1.54, 1.807) is 0 Å². The summed E-state index contributed by atoms with van der Waals surface area (Å²) < 4.78 is 83.9. The number of halogens is 6. The summed E-state index contributed by atoms with van der Waals surface area (Å²) in [5.74, 6) is -3.86. The Labute approximate surface area is 200 Å². The molecule has 2 aliphatic rings. The molecule has 0 bridgehead atoms. The molecule has 6 nitrogen and oxygen atoms in total. The van der Waals surface area contributed by atoms with Gasteiger partial charge in [0.1, 0.15) is 18.1 Å². The van der Waals surface area contributed by atoms with Crippen molar-refractivity contribution >= 4 is 28.5 Å². The first-order valence-corrected chi connectivity index (χ1v) is 11.2. The van der Waals surface area contributed by atoms with Crippen molar-refractivity contribution in [2.45, 2.75) is 36.7 Å². The third-order valence-electron chi connectivity index (χ3n) is 6.08. The lowest BCUT2D eigenvalue weighted by molar-refractivity contribution is -0.153. The molecule has 1 amide bonds. The molecule has 1 aliphatic carbocycles. The van der Waals surface area contributed by atoms with Crippen LogP contribution < -0.4 is 15.8 Å². The van der Waals surface area contributed by atoms with Crippen molar-refractivity contribution < 1.29 is 35.9 Å². The molecule has 0 saturated heterocycles. The van der Waals surface area contributed by atoms with Crippen LogP contribution in [0, 0.1) is 24.5 Å². The van der Waals surface area contributed by atoms with Crippen LogP contribution >= 0.6 is 11.8 Å². The number of aryl methyl sites for hydroxylation is 1. The number of fused-ring (bicyclic) bond motifs is 1. The lowest BCUT2D eigenvalue weighted by Crippen LogP contribution is -2.37. The molecule has 188 valence electrons. The van der Waals surface area contributed by atoms with Crippen molar-refractivity contribution in [2.24, 2.45) is 16.6 Å². The molecule has 0 unspecified atom stereocenters. The molecule has 3 atom stereocenters. The summed E-state index contributed by atoms with van der Waals surface area (Å²) in [7, 11) is 0. The summed E-state index contributed by atoms with van der Waals surface area (Å²) in [5.41, 5.74) is 4.26. The number of pyridine rings is 1. The minimum Gasteiger partial charge on any atom is -0.482 e. The monoisotopic (exact) mass is 518 g/mol. The minimum absolute atomic E-state index is 0.0563. The van der Waals surface area contributed by atoms with Gasteiger partial charge in [-0.1, -0.05) is 11.8 Å². The number of benzene rings is 1. The predicted octanol–water partition coefficient (Wildman–Crippen LogP) is 4.87. The number of amides is 1. The Hall–Kier alpha value is -2.96. The van der Waals surface area contributed by atoms with Crippen LogP contribution in [0.3, 0.4) is 0 Å². The highest BCUT2D eigenvalue weighted by atomic mass is 32.2. The number of nitrogens with two attached hydrogens (primary N) is 1. The van der Waals surface area contributed by atoms with Gasteiger partial charge in [0.15, 0.2) is 23.4 Å². The number of amidine groups is 1. The zero-order valence-electron chi connectivity index (χ0n) is 18.5. The number of nitrogens with one attached hydrogen (secondary N) is 1. The third kappa shape index (κ3) is 4.78. The molecule has 4 rings (SSSR count). The fraction of sp³-hybridized carbons (Fsp3) is 0.409. The molecule has 1 aromatic carbocycles. The molecule has 1 saturated carbocycles. The second-order valence-electron chi connectivity index (χ2n) is 8.67. The summed E-state index contributed by atoms with van der Waals surface area (Å²) >= 11 is 1.08. The number of anilines is 1. The number of carbonyl (C=O) groups is 1. The Morgan fingerprint density at radius 1 is 1.31 bits per heavy atom. The van der Waals surface area contributed by atoms with Gasteiger partial charge in [-0.15, -0.1) is 0 Å². The number of carbonyl (C=O) groups excluding carboxylic acids is 1. The van der Waals surface area contributed by atoms with Crippen molar-refractivity contribution in [3.8, 4) is 5.75 Å². The van der Waals surface area contributed by atoms with Gasteiger partial charge in [-0.3, -0.25) is 9.79 Å². The van der Waals surface area contributed by atoms with Gasteiger partial charge in [0.05, 0.1) is 16.5 Å². The van der Waals surface area contributed by atoms with E-state index in [4.69, 9.17) is 5.73 Å². The second-order valence-corrected chi connectivity index (χ2v) is 10.1. The number of aliphatic imine (C=N–C) groups is 1. The predicted molar refractivity (Wildman–Crippen MR) is 118 cm³/mol. The quantitative estimate of drug-likeness (QED) is 0.533. The Morgan fingerprint density at radius 3 is 2.66 bits per heavy atom. The van der Waals surface area contributed by atoms with E-state index in [0.717, 1.165) is 24.0 Å². The van der Waals surface area contributed by atoms with Gasteiger partial charge in [0.2, 0.25) is 0 Å². The summed E-state index contributed by atoms with van der Waals surface area (Å²) in [6.45, 7) is 0.742. The zero-order valence-corrected chi connectivity index (χ0v) is 19.3. The highest BCUT2D eigenvalue weighted by Crippen LogP contribution is 2.66. The van der Waals surface area contributed by atoms with Crippen LogP contribution in [0.25, 0.3) is 0 Å². The van der Waals surface area contributed by atoms with Crippen LogP contribution in [0.2, 0.25) is 0 Å². The van der Waals surface area contributed by atoms with Gasteiger partial charge in [-0.25, -0.2) is 18.2 Å². The number of rotatable bonds is 6. The van der Waals surface area contributed by atoms with Crippen LogP contribution in [0.4, 0.5) is 32.0 Å². The SMILES string of the molecule is Cc1cc(OCC(F)(F)F)cnc1C(=O)Nc1cc(F)c(F)c([C@@]2(C)N=C(N)S[C@@]3(CF)C[C@H]32)c1. The molecule has 0 radical (unpaired) electrons. The topological polar surface area (TPSA) is 89.6 Å². The number of aromatic nitrogens is 1. The van der Waals surface area contributed by atoms with E-state index >= 15 is 0 Å². The minimum atomic E-state index is -4.54. The number of ether oxygens (including phenoxy) is 1. The first-order valence-electron chi connectivity index (χ1n) is 10.4. The van der Waals surface area contributed by atoms with Gasteiger partial charge in [0.25, 0.3) is 5.91 Å². The molecular weight excluding hydrogens is 498 g/mol. The average molecular weight is 518 g/mol. The van der Waals surface area contributed by atoms with Crippen molar-refractivity contribution in [3.05, 3.63) is 52.9 Å². The second kappa shape index (κ2) is 8.61. The van der Waals surface area contributed by atoms with E-state index < -0.39 is 53.2 Å². The number of nitrogens with zero attached hydrogens (tertiary/aromatic N) is 2. The van der Waals surface area contributed by atoms with Crippen LogP contribution in [0.1, 0.15) is 35.0 Å². The standard InChI is InChI=1S/C22H20F6N4O2S/c1-10-3-12(34-9-22(26,27)28)7-30-17(10)18(33)31-11-4-13(16(25)14(24)5-11)20(2)15-6-21(15,8-23)35-19(29)32-20/h3-5,7,15H,6,8-9H2,1-2H3,(H2,29,32)(H,31,33)/t15-,20+,21+/m0/s1. The first-order chi connectivity index (χ1) is 16.3. The largest absolute Gasteiger partial charge is 0.482 e. The normalized spacial score (nSPS) is 25.5. The van der Waals surface area contributed by atoms with Crippen molar-refractivity contribution in [1.29, 1.82) is 0 Å². The van der Waals surface area contributed by atoms with E-state index in [9.17, 15) is 31.1 Å². The van der Waals surface area contributed by atoms with Crippen molar-refractivity contribution in [1.82, 2.24) is 4.98 Å². The van der Waals surface area contributed by atoms with Gasteiger partial charge in [-0.05, 0) is 38.0 Å². The molecule has 13 heteroatoms. The maximum absolute atomic E-state index is 14.9. The highest BCUT2D eigenvalue weighted by molar-refractivity contribution is 8.15. The Bertz CT molecular complexity index is 1220. The van der Waals surface area contributed by atoms with Crippen molar-refractivity contribution in [3.63, 3.8) is 0 Å². The fourth-order valence-corrected chi connectivity index (χ4v) is 5.65. The number of alkyl halides is 4. The van der Waals surface area contributed by atoms with E-state index in [0.29, 0.717) is 6.42 Å². The molecule has 3 N–H and O–H groups in total. The molecule has 0 spiro atoms. The van der Waals surface area contributed by atoms with Crippen LogP contribution in [0.5, 0.6) is 5.75 Å². The summed E-state index contributed by atoms with van der Waals surface area (Å²) in [6, 6.07) is 3.18. The highest BCUT2D eigenvalue weighted by Gasteiger charge is 2.66. The summed E-state index contributed by atoms with van der Waals surface area (Å²) in [5, 5.41) is 2.47. The molecule has 1 fully saturated rings. The average Bonchev–Trinajstić information content (AvgIpc) is 3.50. The van der Waals surface area contributed by atoms with Gasteiger partial charge in [-0.2, -0.15) is 13.2 Å². The molecule has 1 aliphatic heterocycles.